The Bertz CT molecular complexity index is 6.85. The van der Waals surface area contributed by atoms with Gasteiger partial charge in [0.25, 0.3) is 0 Å². The first-order valence-corrected chi connectivity index (χ1v) is 0. The van der Waals surface area contributed by atoms with Gasteiger partial charge in [-0.2, -0.15) is 0 Å². The summed E-state index contributed by atoms with van der Waals surface area (Å²) in [6, 6.07) is 0. The van der Waals surface area contributed by atoms with Crippen molar-refractivity contribution in [3.8, 4) is 0 Å². The van der Waals surface area contributed by atoms with Gasteiger partial charge < -0.3 is 37.5 Å². The van der Waals surface area contributed by atoms with E-state index in [4.69, 9.17) is 0 Å². The third kappa shape index (κ3) is 18.8. The van der Waals surface area contributed by atoms with Gasteiger partial charge in [0, 0.05) is 0 Å². The molecule has 0 N–H and O–H groups in total. The second kappa shape index (κ2) is 26.6. The third-order valence-electron chi connectivity index (χ3n) is 0. The van der Waals surface area contributed by atoms with Crippen molar-refractivity contribution in [2.75, 3.05) is 0 Å². The van der Waals surface area contributed by atoms with Crippen LogP contribution in [0.3, 0.4) is 0 Å². The molecule has 0 amide bonds. The Morgan fingerprint density at radius 2 is 0.600 bits per heavy atom. The van der Waals surface area contributed by atoms with Crippen molar-refractivity contribution in [2.24, 2.45) is 0 Å². The molecule has 5 heteroatoms. The van der Waals surface area contributed by atoms with Crippen LogP contribution in [0.5, 0.6) is 0 Å². The summed E-state index contributed by atoms with van der Waals surface area (Å²) in [5.41, 5.74) is 0. The minimum Gasteiger partial charge on any atom is -2.00 e. The van der Waals surface area contributed by atoms with E-state index < -0.39 is 0 Å². The second-order valence-electron chi connectivity index (χ2n) is 0. The van der Waals surface area contributed by atoms with E-state index in [9.17, 15) is 0 Å². The summed E-state index contributed by atoms with van der Waals surface area (Å²) in [4.78, 5) is 0. The molecule has 0 unspecified atom stereocenters. The Morgan fingerprint density at radius 1 is 0.600 bits per heavy atom. The third-order valence-corrected chi connectivity index (χ3v) is 0. The molecule has 0 saturated heterocycles. The predicted octanol–water partition coefficient (Wildman–Crippen LogP) is -3.01. The van der Waals surface area contributed by atoms with Gasteiger partial charge in [0.05, 0.1) is 0 Å². The smallest absolute Gasteiger partial charge is 1.00 e. The molecule has 0 aromatic rings. The average molecular weight is 483 g/mol. The Labute approximate surface area is 103 Å². The van der Waals surface area contributed by atoms with Gasteiger partial charge >= 0.3 is 67.1 Å². The standard InChI is InChI=1S/3Ag.HI.S/h;;;1H;/q3*+1;;-2/p-1. The predicted molar refractivity (Wildman–Crippen MR) is 7.37 cm³/mol. The van der Waals surface area contributed by atoms with Crippen LogP contribution in [0, 0.1) is 0 Å². The van der Waals surface area contributed by atoms with Crippen molar-refractivity contribution in [1.82, 2.24) is 0 Å². The Morgan fingerprint density at radius 3 is 0.600 bits per heavy atom. The average Bonchev–Trinajstić information content (AvgIpc) is 0. The zero-order valence-electron chi connectivity index (χ0n) is 1.69. The largest absolute Gasteiger partial charge is 2.00 e. The maximum absolute atomic E-state index is 0. The van der Waals surface area contributed by atoms with Gasteiger partial charge in [-0.25, -0.2) is 0 Å². The molecule has 0 aromatic carbocycles. The summed E-state index contributed by atoms with van der Waals surface area (Å²) >= 11 is 0. The zero-order chi connectivity index (χ0) is 0. The fourth-order valence-electron chi connectivity index (χ4n) is 0. The van der Waals surface area contributed by atoms with Crippen molar-refractivity contribution < 1.29 is 91.1 Å². The van der Waals surface area contributed by atoms with Gasteiger partial charge in [-0.05, 0) is 0 Å². The molecule has 0 spiro atoms. The van der Waals surface area contributed by atoms with Gasteiger partial charge in [-0.1, -0.05) is 0 Å². The van der Waals surface area contributed by atoms with Crippen LogP contribution in [0.1, 0.15) is 0 Å². The number of hydrogen-bond acceptors (Lipinski definition) is 0. The second-order valence-corrected chi connectivity index (χ2v) is 0. The molecule has 0 aliphatic carbocycles. The van der Waals surface area contributed by atoms with Gasteiger partial charge in [0.1, 0.15) is 0 Å². The van der Waals surface area contributed by atoms with Crippen molar-refractivity contribution in [2.45, 2.75) is 0 Å². The Balaban J connectivity index is 0. The topological polar surface area (TPSA) is 0 Å². The molecule has 0 fully saturated rings. The summed E-state index contributed by atoms with van der Waals surface area (Å²) in [6.07, 6.45) is 0. The molecule has 0 bridgehead atoms. The molecule has 0 saturated carbocycles. The Kier molecular flexibility index (Phi) is 216. The molecule has 5 heavy (non-hydrogen) atoms. The SMILES string of the molecule is [Ag+].[Ag+].[Ag+].[I-].[S-2]. The summed E-state index contributed by atoms with van der Waals surface area (Å²) in [5.74, 6) is 0. The molecule has 0 aliphatic rings. The van der Waals surface area contributed by atoms with E-state index in [0.717, 1.165) is 0 Å². The maximum atomic E-state index is 0. The number of halogens is 1. The van der Waals surface area contributed by atoms with Gasteiger partial charge in [0.2, 0.25) is 0 Å². The van der Waals surface area contributed by atoms with Gasteiger partial charge in [-0.3, -0.25) is 0 Å². The summed E-state index contributed by atoms with van der Waals surface area (Å²) in [6.45, 7) is 0. The van der Waals surface area contributed by atoms with E-state index in [0.29, 0.717) is 0 Å². The summed E-state index contributed by atoms with van der Waals surface area (Å²) in [5, 5.41) is 0. The van der Waals surface area contributed by atoms with Crippen LogP contribution < -0.4 is 24.0 Å². The Hall–Kier alpha value is 3.30. The fraction of sp³-hybridized carbons (Fsp3) is 0. The van der Waals surface area contributed by atoms with E-state index >= 15 is 0 Å². The first-order chi connectivity index (χ1) is 0. The van der Waals surface area contributed by atoms with Crippen LogP contribution in [0.4, 0.5) is 0 Å². The summed E-state index contributed by atoms with van der Waals surface area (Å²) in [7, 11) is 0. The fourth-order valence-corrected chi connectivity index (χ4v) is 0. The molecule has 46 valence electrons. The van der Waals surface area contributed by atoms with Gasteiger partial charge in [0.15, 0.2) is 0 Å². The van der Waals surface area contributed by atoms with E-state index in [1.807, 2.05) is 0 Å². The molecule has 0 aromatic heterocycles. The normalized spacial score (nSPS) is 0. The molecule has 0 radical (unpaired) electrons. The van der Waals surface area contributed by atoms with E-state index in [1.165, 1.54) is 0 Å². The first kappa shape index (κ1) is 40.6. The quantitative estimate of drug-likeness (QED) is 0.255. The maximum Gasteiger partial charge on any atom is 1.00 e. The van der Waals surface area contributed by atoms with Crippen LogP contribution in [0.15, 0.2) is 0 Å². The molecule has 0 atom stereocenters. The monoisotopic (exact) mass is 480 g/mol. The number of rotatable bonds is 0. The summed E-state index contributed by atoms with van der Waals surface area (Å²) < 4.78 is 0. The molecule has 0 heterocycles. The van der Waals surface area contributed by atoms with Gasteiger partial charge in [-0.15, -0.1) is 0 Å². The molecule has 0 nitrogen and oxygen atoms in total. The first-order valence-electron chi connectivity index (χ1n) is 0. The zero-order valence-corrected chi connectivity index (χ0v) is 9.11. The van der Waals surface area contributed by atoms with Crippen LogP contribution in [-0.2, 0) is 80.6 Å². The molecule has 0 aliphatic heterocycles. The number of hydrogen-bond donors (Lipinski definition) is 0. The molecule has 0 rings (SSSR count). The van der Waals surface area contributed by atoms with E-state index in [2.05, 4.69) is 0 Å². The van der Waals surface area contributed by atoms with Crippen molar-refractivity contribution in [1.29, 1.82) is 0 Å². The van der Waals surface area contributed by atoms with Crippen LogP contribution in [0.25, 0.3) is 0 Å². The van der Waals surface area contributed by atoms with Crippen molar-refractivity contribution in [3.63, 3.8) is 0 Å². The van der Waals surface area contributed by atoms with E-state index in [-0.39, 0.29) is 105 Å². The van der Waals surface area contributed by atoms with Crippen LogP contribution in [-0.4, -0.2) is 0 Å². The minimum absolute atomic E-state index is 0. The molecular formula is Ag3IS. The van der Waals surface area contributed by atoms with Crippen LogP contribution in [0.2, 0.25) is 0 Å². The van der Waals surface area contributed by atoms with Crippen molar-refractivity contribution in [3.05, 3.63) is 0 Å². The van der Waals surface area contributed by atoms with Crippen LogP contribution >= 0.6 is 0 Å². The van der Waals surface area contributed by atoms with E-state index in [1.54, 1.807) is 0 Å². The van der Waals surface area contributed by atoms with Crippen molar-refractivity contribution >= 4 is 13.5 Å². The minimum atomic E-state index is 0. The molecular weight excluding hydrogens is 483 g/mol.